The smallest absolute Gasteiger partial charge is 0.243 e. The number of aryl methyl sites for hydroxylation is 1. The summed E-state index contributed by atoms with van der Waals surface area (Å²) in [6, 6.07) is 15.4. The number of hydrogen-bond donors (Lipinski definition) is 4. The molecule has 2 atom stereocenters. The van der Waals surface area contributed by atoms with Crippen LogP contribution < -0.4 is 10.6 Å². The maximum absolute atomic E-state index is 14.5. The van der Waals surface area contributed by atoms with Gasteiger partial charge in [0.25, 0.3) is 0 Å². The number of rotatable bonds is 12. The zero-order valence-corrected chi connectivity index (χ0v) is 40.5. The number of benzene rings is 2. The molecular formula is C47H45Cl2F3N12O4S2. The van der Waals surface area contributed by atoms with Gasteiger partial charge < -0.3 is 20.6 Å². The van der Waals surface area contributed by atoms with E-state index in [1.54, 1.807) is 42.7 Å². The van der Waals surface area contributed by atoms with Gasteiger partial charge in [-0.1, -0.05) is 41.4 Å². The lowest BCUT2D eigenvalue weighted by Crippen LogP contribution is -2.41. The first-order valence-electron chi connectivity index (χ1n) is 22.2. The number of aromatic amines is 2. The van der Waals surface area contributed by atoms with E-state index in [1.165, 1.54) is 39.2 Å². The van der Waals surface area contributed by atoms with Crippen molar-refractivity contribution in [2.45, 2.75) is 42.4 Å². The van der Waals surface area contributed by atoms with Crippen LogP contribution in [0.5, 0.6) is 0 Å². The summed E-state index contributed by atoms with van der Waals surface area (Å²) in [5.41, 5.74) is 3.41. The third kappa shape index (κ3) is 10.7. The molecule has 23 heteroatoms. The molecule has 4 N–H and O–H groups in total. The Hall–Kier alpha value is -6.23. The molecule has 2 fully saturated rings. The van der Waals surface area contributed by atoms with Gasteiger partial charge >= 0.3 is 0 Å². The molecule has 2 unspecified atom stereocenters. The number of nitrogens with one attached hydrogen (secondary N) is 4. The van der Waals surface area contributed by atoms with E-state index in [-0.39, 0.29) is 34.9 Å². The van der Waals surface area contributed by atoms with E-state index < -0.39 is 37.5 Å². The predicted octanol–water partition coefficient (Wildman–Crippen LogP) is 9.10. The molecule has 2 saturated heterocycles. The van der Waals surface area contributed by atoms with Gasteiger partial charge in [-0.2, -0.15) is 8.61 Å². The molecule has 0 radical (unpaired) electrons. The van der Waals surface area contributed by atoms with Crippen LogP contribution in [0, 0.1) is 36.2 Å². The molecule has 0 aliphatic carbocycles. The fourth-order valence-corrected chi connectivity index (χ4v) is 12.1. The van der Waals surface area contributed by atoms with Crippen LogP contribution in [0.15, 0.2) is 108 Å². The van der Waals surface area contributed by atoms with Gasteiger partial charge in [0, 0.05) is 86.0 Å². The highest BCUT2D eigenvalue weighted by atomic mass is 35.5. The molecule has 2 aliphatic rings. The normalized spacial score (nSPS) is 17.1. The quantitative estimate of drug-likeness (QED) is 0.0904. The molecule has 6 aromatic heterocycles. The average Bonchev–Trinajstić information content (AvgIpc) is 3.98. The van der Waals surface area contributed by atoms with E-state index in [0.717, 1.165) is 48.7 Å². The largest absolute Gasteiger partial charge is 0.367 e. The first kappa shape index (κ1) is 48.8. The number of sulfonamides is 2. The minimum atomic E-state index is -3.82. The first-order valence-corrected chi connectivity index (χ1v) is 25.9. The highest BCUT2D eigenvalue weighted by Crippen LogP contribution is 2.32. The molecule has 0 spiro atoms. The molecule has 8 aromatic rings. The van der Waals surface area contributed by atoms with Crippen molar-refractivity contribution in [2.75, 3.05) is 49.9 Å². The summed E-state index contributed by atoms with van der Waals surface area (Å²) in [5, 5.41) is 8.44. The molecule has 16 nitrogen and oxygen atoms in total. The summed E-state index contributed by atoms with van der Waals surface area (Å²) in [4.78, 5) is 31.7. The van der Waals surface area contributed by atoms with E-state index >= 15 is 0 Å². The van der Waals surface area contributed by atoms with Crippen molar-refractivity contribution >= 4 is 77.0 Å². The highest BCUT2D eigenvalue weighted by Gasteiger charge is 2.32. The zero-order chi connectivity index (χ0) is 49.2. The van der Waals surface area contributed by atoms with Gasteiger partial charge in [-0.25, -0.2) is 59.9 Å². The van der Waals surface area contributed by atoms with Crippen molar-refractivity contribution in [1.29, 1.82) is 0 Å². The van der Waals surface area contributed by atoms with Crippen molar-refractivity contribution in [3.63, 3.8) is 0 Å². The van der Waals surface area contributed by atoms with Crippen molar-refractivity contribution in [1.82, 2.24) is 48.5 Å². The number of nitrogens with zero attached hydrogens (tertiary/aromatic N) is 8. The van der Waals surface area contributed by atoms with Gasteiger partial charge in [0.2, 0.25) is 20.0 Å². The number of halogens is 5. The number of pyridine rings is 2. The lowest BCUT2D eigenvalue weighted by molar-refractivity contribution is 0.275. The number of H-pyrrole nitrogens is 2. The number of fused-ring (bicyclic) bond motifs is 2. The summed E-state index contributed by atoms with van der Waals surface area (Å²) in [6.07, 6.45) is 11.6. The van der Waals surface area contributed by atoms with Gasteiger partial charge in [0.1, 0.15) is 17.1 Å². The van der Waals surface area contributed by atoms with Crippen molar-refractivity contribution in [2.24, 2.45) is 11.8 Å². The van der Waals surface area contributed by atoms with Crippen LogP contribution in [-0.2, 0) is 20.0 Å². The maximum atomic E-state index is 14.5. The Bertz CT molecular complexity index is 3210. The van der Waals surface area contributed by atoms with Gasteiger partial charge in [0.05, 0.1) is 32.2 Å². The number of anilines is 2. The van der Waals surface area contributed by atoms with Crippen LogP contribution in [0.4, 0.5) is 24.8 Å². The van der Waals surface area contributed by atoms with Crippen LogP contribution in [0.1, 0.15) is 31.2 Å². The standard InChI is InChI=1S/C24H24ClFN6O2S.C23H21ClF2N6O2S/c1-15-4-2-6-18(8-15)35(33,34)32-7-3-5-16(14-32)10-27-24-21(26)13-30-23(31-24)20-12-29-22-19(20)9-17(25)11-28-22;24-15-7-18-19(11-29-21(18)28-10-15)22-30-12-20(26)23(31-22)27-9-14-3-2-6-32(13-14)35(33,34)17-5-1-4-16(25)8-17/h2,4,6,8-9,11-13,16H,3,5,7,10,14H2,1H3,(H,28,29)(H,27,30,31);1,4-5,7-8,10-12,14H,2-3,6,9,13H2,(H,28,29)(H,27,30,31). The Balaban J connectivity index is 0.000000174. The molecule has 10 rings (SSSR count). The number of aromatic nitrogens is 8. The van der Waals surface area contributed by atoms with E-state index in [0.29, 0.717) is 93.5 Å². The second-order valence-electron chi connectivity index (χ2n) is 17.1. The van der Waals surface area contributed by atoms with E-state index in [9.17, 15) is 30.0 Å². The Morgan fingerprint density at radius 2 is 1.11 bits per heavy atom. The van der Waals surface area contributed by atoms with Crippen LogP contribution in [0.3, 0.4) is 0 Å². The van der Waals surface area contributed by atoms with Crippen molar-refractivity contribution < 1.29 is 30.0 Å². The van der Waals surface area contributed by atoms with E-state index in [1.807, 2.05) is 13.0 Å². The maximum Gasteiger partial charge on any atom is 0.243 e. The lowest BCUT2D eigenvalue weighted by Gasteiger charge is -2.32. The summed E-state index contributed by atoms with van der Waals surface area (Å²) in [5.74, 6) is -1.17. The van der Waals surface area contributed by atoms with Gasteiger partial charge in [-0.05, 0) is 92.5 Å². The third-order valence-electron chi connectivity index (χ3n) is 12.1. The molecular weight excluding hydrogens is 989 g/mol. The molecule has 70 heavy (non-hydrogen) atoms. The summed E-state index contributed by atoms with van der Waals surface area (Å²) in [6.45, 7) is 3.97. The Morgan fingerprint density at radius 1 is 0.643 bits per heavy atom. The zero-order valence-electron chi connectivity index (χ0n) is 37.4. The molecule has 2 aromatic carbocycles. The highest BCUT2D eigenvalue weighted by molar-refractivity contribution is 7.89. The number of piperidine rings is 2. The molecule has 0 bridgehead atoms. The lowest BCUT2D eigenvalue weighted by atomic mass is 10.00. The topological polar surface area (TPSA) is 208 Å². The van der Waals surface area contributed by atoms with Crippen molar-refractivity contribution in [3.8, 4) is 22.8 Å². The predicted molar refractivity (Wildman–Crippen MR) is 262 cm³/mol. The minimum Gasteiger partial charge on any atom is -0.367 e. The average molecular weight is 1030 g/mol. The third-order valence-corrected chi connectivity index (χ3v) is 16.2. The van der Waals surface area contributed by atoms with Gasteiger partial charge in [-0.3, -0.25) is 0 Å². The minimum absolute atomic E-state index is 0.0113. The van der Waals surface area contributed by atoms with Gasteiger partial charge in [-0.15, -0.1) is 0 Å². The molecule has 0 saturated carbocycles. The van der Waals surface area contributed by atoms with Crippen LogP contribution in [0.25, 0.3) is 44.8 Å². The van der Waals surface area contributed by atoms with E-state index in [2.05, 4.69) is 50.5 Å². The SMILES string of the molecule is Cc1cccc(S(=O)(=O)N2CCCC(CNc3nc(-c4c[nH]c5ncc(Cl)cc45)ncc3F)C2)c1.O=S(=O)(c1cccc(F)c1)N1CCCC(CNc2nc(-c3c[nH]c4ncc(Cl)cc34)ncc2F)C1. The van der Waals surface area contributed by atoms with Gasteiger partial charge in [0.15, 0.2) is 34.9 Å². The summed E-state index contributed by atoms with van der Waals surface area (Å²) >= 11 is 12.1. The second kappa shape index (κ2) is 20.6. The second-order valence-corrected chi connectivity index (χ2v) is 21.8. The first-order chi connectivity index (χ1) is 33.6. The molecule has 0 amide bonds. The fraction of sp³-hybridized carbons (Fsp3) is 0.277. The summed E-state index contributed by atoms with van der Waals surface area (Å²) in [7, 11) is -7.41. The van der Waals surface area contributed by atoms with Crippen LogP contribution in [-0.4, -0.2) is 105 Å². The summed E-state index contributed by atoms with van der Waals surface area (Å²) < 4.78 is 97.7. The van der Waals surface area contributed by atoms with Crippen molar-refractivity contribution in [3.05, 3.63) is 131 Å². The monoisotopic (exact) mass is 1030 g/mol. The number of hydrogen-bond acceptors (Lipinski definition) is 12. The molecule has 364 valence electrons. The van der Waals surface area contributed by atoms with Crippen LogP contribution in [0.2, 0.25) is 10.0 Å². The molecule has 8 heterocycles. The van der Waals surface area contributed by atoms with E-state index in [4.69, 9.17) is 23.2 Å². The Morgan fingerprint density at radius 3 is 1.59 bits per heavy atom. The molecule has 2 aliphatic heterocycles. The Labute approximate surface area is 411 Å². The Kier molecular flexibility index (Phi) is 14.4. The van der Waals surface area contributed by atoms with Crippen LogP contribution >= 0.6 is 23.2 Å². The fourth-order valence-electron chi connectivity index (χ4n) is 8.57.